The average Bonchev–Trinajstić information content (AvgIpc) is 3.11. The minimum Gasteiger partial charge on any atom is -0.448 e. The van der Waals surface area contributed by atoms with Crippen molar-refractivity contribution in [2.24, 2.45) is 46.3 Å². The zero-order valence-electron chi connectivity index (χ0n) is 20.8. The molecule has 4 saturated carbocycles. The van der Waals surface area contributed by atoms with Gasteiger partial charge >= 0.3 is 6.09 Å². The lowest BCUT2D eigenvalue weighted by Crippen LogP contribution is -2.55. The molecule has 0 aromatic carbocycles. The zero-order valence-corrected chi connectivity index (χ0v) is 20.8. The van der Waals surface area contributed by atoms with Gasteiger partial charge < -0.3 is 4.74 Å². The van der Waals surface area contributed by atoms with Crippen LogP contribution in [0, 0.1) is 46.3 Å². The standard InChI is InChI=1S/C27H47NO3/c1-6-19-18-21-23-13-12-20(10-9-17-31-25(29)28(4)30-5)26(23,2)16-14-24(21)27(3)15-8-7-11-22(19)27/h19-24H,6-18H2,1-5H3/t19-,20?,21?,22?,23?,24-,26?,27?/m0/s1. The second-order valence-corrected chi connectivity index (χ2v) is 11.9. The molecule has 178 valence electrons. The Morgan fingerprint density at radius 2 is 1.77 bits per heavy atom. The Morgan fingerprint density at radius 1 is 1.00 bits per heavy atom. The molecule has 4 aliphatic carbocycles. The van der Waals surface area contributed by atoms with Gasteiger partial charge in [0.05, 0.1) is 13.7 Å². The summed E-state index contributed by atoms with van der Waals surface area (Å²) in [7, 11) is 3.08. The van der Waals surface area contributed by atoms with Gasteiger partial charge in [-0.25, -0.2) is 4.79 Å². The van der Waals surface area contributed by atoms with Crippen LogP contribution >= 0.6 is 0 Å². The molecule has 0 spiro atoms. The topological polar surface area (TPSA) is 38.8 Å². The molecule has 0 N–H and O–H groups in total. The molecule has 6 unspecified atom stereocenters. The van der Waals surface area contributed by atoms with Gasteiger partial charge in [-0.05, 0) is 104 Å². The fraction of sp³-hybridized carbons (Fsp3) is 0.963. The van der Waals surface area contributed by atoms with E-state index in [0.29, 0.717) is 17.4 Å². The van der Waals surface area contributed by atoms with Gasteiger partial charge in [0.2, 0.25) is 0 Å². The molecular weight excluding hydrogens is 386 g/mol. The summed E-state index contributed by atoms with van der Waals surface area (Å²) in [5.74, 6) is 5.62. The fourth-order valence-corrected chi connectivity index (χ4v) is 9.26. The van der Waals surface area contributed by atoms with Gasteiger partial charge in [0, 0.05) is 7.05 Å². The molecule has 4 rings (SSSR count). The highest BCUT2D eigenvalue weighted by Gasteiger charge is 2.60. The number of hydrogen-bond donors (Lipinski definition) is 0. The quantitative estimate of drug-likeness (QED) is 0.332. The summed E-state index contributed by atoms with van der Waals surface area (Å²) in [5, 5.41) is 1.15. The summed E-state index contributed by atoms with van der Waals surface area (Å²) in [6, 6.07) is 0. The Balaban J connectivity index is 1.40. The number of carbonyl (C=O) groups is 1. The lowest BCUT2D eigenvalue weighted by molar-refractivity contribution is -0.136. The molecule has 0 aromatic heterocycles. The van der Waals surface area contributed by atoms with E-state index in [1.807, 2.05) is 0 Å². The van der Waals surface area contributed by atoms with Gasteiger partial charge in [-0.1, -0.05) is 40.0 Å². The molecule has 4 aliphatic rings. The molecule has 4 nitrogen and oxygen atoms in total. The van der Waals surface area contributed by atoms with Crippen molar-refractivity contribution in [1.29, 1.82) is 0 Å². The van der Waals surface area contributed by atoms with Gasteiger partial charge in [0.15, 0.2) is 0 Å². The van der Waals surface area contributed by atoms with E-state index < -0.39 is 0 Å². The molecule has 0 heterocycles. The SMILES string of the molecule is CC[C@H]1CC2C3CCC(CCCOC(=O)N(C)OC)C3(C)CC[C@@H]2C2(C)CCCCC12. The highest BCUT2D eigenvalue weighted by Crippen LogP contribution is 2.69. The van der Waals surface area contributed by atoms with E-state index in [4.69, 9.17) is 9.57 Å². The molecule has 8 atom stereocenters. The van der Waals surface area contributed by atoms with E-state index in [2.05, 4.69) is 20.8 Å². The highest BCUT2D eigenvalue weighted by molar-refractivity contribution is 5.65. The van der Waals surface area contributed by atoms with Gasteiger partial charge in [-0.3, -0.25) is 4.84 Å². The van der Waals surface area contributed by atoms with E-state index in [9.17, 15) is 4.79 Å². The Bertz CT molecular complexity index is 638. The highest BCUT2D eigenvalue weighted by atomic mass is 16.7. The normalized spacial score (nSPS) is 44.2. The number of nitrogens with zero attached hydrogens (tertiary/aromatic N) is 1. The molecule has 0 bridgehead atoms. The lowest BCUT2D eigenvalue weighted by atomic mass is 9.42. The second kappa shape index (κ2) is 9.23. The van der Waals surface area contributed by atoms with Crippen LogP contribution in [0.15, 0.2) is 0 Å². The van der Waals surface area contributed by atoms with Crippen LogP contribution in [0.2, 0.25) is 0 Å². The Kier molecular flexibility index (Phi) is 6.97. The third-order valence-corrected chi connectivity index (χ3v) is 10.9. The minimum atomic E-state index is -0.387. The van der Waals surface area contributed by atoms with E-state index >= 15 is 0 Å². The summed E-state index contributed by atoms with van der Waals surface area (Å²) in [4.78, 5) is 16.7. The summed E-state index contributed by atoms with van der Waals surface area (Å²) in [6.07, 6.45) is 16.3. The number of hydroxylamine groups is 2. The summed E-state index contributed by atoms with van der Waals surface area (Å²) in [6.45, 7) is 8.30. The predicted octanol–water partition coefficient (Wildman–Crippen LogP) is 7.08. The van der Waals surface area contributed by atoms with Crippen molar-refractivity contribution in [2.45, 2.75) is 97.8 Å². The predicted molar refractivity (Wildman–Crippen MR) is 124 cm³/mol. The molecule has 1 amide bonds. The molecule has 4 heteroatoms. The monoisotopic (exact) mass is 433 g/mol. The zero-order chi connectivity index (χ0) is 22.2. The summed E-state index contributed by atoms with van der Waals surface area (Å²) < 4.78 is 5.37. The van der Waals surface area contributed by atoms with E-state index in [0.717, 1.165) is 47.0 Å². The summed E-state index contributed by atoms with van der Waals surface area (Å²) >= 11 is 0. The van der Waals surface area contributed by atoms with Crippen molar-refractivity contribution in [1.82, 2.24) is 5.06 Å². The third-order valence-electron chi connectivity index (χ3n) is 10.9. The summed E-state index contributed by atoms with van der Waals surface area (Å²) in [5.41, 5.74) is 1.12. The Labute approximate surface area is 190 Å². The first-order chi connectivity index (χ1) is 14.8. The van der Waals surface area contributed by atoms with Gasteiger partial charge in [0.1, 0.15) is 0 Å². The van der Waals surface area contributed by atoms with Crippen molar-refractivity contribution in [3.05, 3.63) is 0 Å². The maximum atomic E-state index is 11.8. The molecule has 0 aromatic rings. The van der Waals surface area contributed by atoms with Crippen LogP contribution in [0.5, 0.6) is 0 Å². The minimum absolute atomic E-state index is 0.387. The lowest BCUT2D eigenvalue weighted by Gasteiger charge is -2.62. The average molecular weight is 434 g/mol. The van der Waals surface area contributed by atoms with Crippen LogP contribution < -0.4 is 0 Å². The molecule has 31 heavy (non-hydrogen) atoms. The number of fused-ring (bicyclic) bond motifs is 5. The van der Waals surface area contributed by atoms with Gasteiger partial charge in [0.25, 0.3) is 0 Å². The Hall–Kier alpha value is -0.770. The van der Waals surface area contributed by atoms with Crippen LogP contribution in [0.1, 0.15) is 97.8 Å². The van der Waals surface area contributed by atoms with Crippen molar-refractivity contribution in [3.8, 4) is 0 Å². The van der Waals surface area contributed by atoms with E-state index in [-0.39, 0.29) is 6.09 Å². The smallest absolute Gasteiger partial charge is 0.433 e. The fourth-order valence-electron chi connectivity index (χ4n) is 9.26. The first-order valence-corrected chi connectivity index (χ1v) is 13.3. The van der Waals surface area contributed by atoms with Gasteiger partial charge in [-0.15, -0.1) is 0 Å². The van der Waals surface area contributed by atoms with Crippen molar-refractivity contribution >= 4 is 6.09 Å². The van der Waals surface area contributed by atoms with Crippen molar-refractivity contribution in [2.75, 3.05) is 20.8 Å². The third kappa shape index (κ3) is 4.04. The number of carbonyl (C=O) groups excluding carboxylic acids is 1. The first kappa shape index (κ1) is 23.4. The van der Waals surface area contributed by atoms with Crippen molar-refractivity contribution in [3.63, 3.8) is 0 Å². The molecule has 0 aliphatic heterocycles. The number of amides is 1. The maximum Gasteiger partial charge on any atom is 0.433 e. The van der Waals surface area contributed by atoms with Crippen molar-refractivity contribution < 1.29 is 14.4 Å². The van der Waals surface area contributed by atoms with Crippen LogP contribution in [0.3, 0.4) is 0 Å². The second-order valence-electron chi connectivity index (χ2n) is 11.9. The maximum absolute atomic E-state index is 11.8. The van der Waals surface area contributed by atoms with E-state index in [1.54, 1.807) is 7.05 Å². The van der Waals surface area contributed by atoms with Crippen LogP contribution in [-0.2, 0) is 9.57 Å². The van der Waals surface area contributed by atoms with Crippen LogP contribution in [0.4, 0.5) is 4.79 Å². The first-order valence-electron chi connectivity index (χ1n) is 13.3. The molecule has 0 saturated heterocycles. The van der Waals surface area contributed by atoms with Crippen LogP contribution in [-0.4, -0.2) is 31.9 Å². The largest absolute Gasteiger partial charge is 0.448 e. The Morgan fingerprint density at radius 3 is 2.52 bits per heavy atom. The number of rotatable bonds is 6. The number of hydrogen-bond acceptors (Lipinski definition) is 3. The molecule has 0 radical (unpaired) electrons. The molecular formula is C27H47NO3. The van der Waals surface area contributed by atoms with Crippen LogP contribution in [0.25, 0.3) is 0 Å². The van der Waals surface area contributed by atoms with E-state index in [1.165, 1.54) is 77.7 Å². The molecule has 4 fully saturated rings. The number of ether oxygens (including phenoxy) is 1. The van der Waals surface area contributed by atoms with Gasteiger partial charge in [-0.2, -0.15) is 5.06 Å².